The number of Topliss-reactive ketones (excluding diaryl/α,β-unsaturated/α-hetero) is 1. The van der Waals surface area contributed by atoms with Gasteiger partial charge in [0.05, 0.1) is 11.8 Å². The number of rotatable bonds is 6. The van der Waals surface area contributed by atoms with E-state index in [4.69, 9.17) is 0 Å². The molecule has 0 spiro atoms. The van der Waals surface area contributed by atoms with Crippen LogP contribution in [0.4, 0.5) is 4.39 Å². The van der Waals surface area contributed by atoms with Crippen molar-refractivity contribution in [2.24, 2.45) is 0 Å². The van der Waals surface area contributed by atoms with Gasteiger partial charge in [-0.2, -0.15) is 0 Å². The summed E-state index contributed by atoms with van der Waals surface area (Å²) in [4.78, 5) is 24.3. The van der Waals surface area contributed by atoms with Gasteiger partial charge in [0, 0.05) is 5.56 Å². The molecule has 0 aliphatic carbocycles. The van der Waals surface area contributed by atoms with Crippen LogP contribution < -0.4 is 5.69 Å². The van der Waals surface area contributed by atoms with Gasteiger partial charge in [0.1, 0.15) is 5.82 Å². The molecular formula is C18H16FN3O2S. The van der Waals surface area contributed by atoms with Crippen molar-refractivity contribution in [2.75, 3.05) is 5.75 Å². The van der Waals surface area contributed by atoms with E-state index in [1.807, 2.05) is 37.3 Å². The number of benzene rings is 2. The van der Waals surface area contributed by atoms with Gasteiger partial charge in [-0.25, -0.2) is 14.3 Å². The first-order valence-electron chi connectivity index (χ1n) is 7.69. The molecule has 1 N–H and O–H groups in total. The van der Waals surface area contributed by atoms with Crippen molar-refractivity contribution in [3.05, 3.63) is 82.0 Å². The predicted octanol–water partition coefficient (Wildman–Crippen LogP) is 3.29. The highest BCUT2D eigenvalue weighted by Gasteiger charge is 2.18. The average molecular weight is 357 g/mol. The summed E-state index contributed by atoms with van der Waals surface area (Å²) in [6, 6.07) is 14.8. The Labute approximate surface area is 147 Å². The first-order valence-corrected chi connectivity index (χ1v) is 8.68. The molecule has 5 nitrogen and oxygen atoms in total. The van der Waals surface area contributed by atoms with Crippen LogP contribution >= 0.6 is 11.8 Å². The third-order valence-electron chi connectivity index (χ3n) is 3.84. The smallest absolute Gasteiger partial charge is 0.293 e. The van der Waals surface area contributed by atoms with Gasteiger partial charge >= 0.3 is 5.69 Å². The number of ketones is 1. The summed E-state index contributed by atoms with van der Waals surface area (Å²) in [6.45, 7) is 1.90. The van der Waals surface area contributed by atoms with Gasteiger partial charge in [-0.15, -0.1) is 5.10 Å². The van der Waals surface area contributed by atoms with Crippen LogP contribution in [0, 0.1) is 5.82 Å². The number of aromatic amines is 1. The van der Waals surface area contributed by atoms with Crippen LogP contribution in [0.1, 0.15) is 28.9 Å². The van der Waals surface area contributed by atoms with Crippen molar-refractivity contribution < 1.29 is 9.18 Å². The van der Waals surface area contributed by atoms with Crippen LogP contribution in [0.2, 0.25) is 0 Å². The van der Waals surface area contributed by atoms with E-state index in [0.29, 0.717) is 10.7 Å². The van der Waals surface area contributed by atoms with Gasteiger partial charge in [0.15, 0.2) is 10.9 Å². The van der Waals surface area contributed by atoms with E-state index in [9.17, 15) is 14.0 Å². The first-order chi connectivity index (χ1) is 12.1. The summed E-state index contributed by atoms with van der Waals surface area (Å²) >= 11 is 1.18. The molecule has 0 saturated carbocycles. The molecule has 1 heterocycles. The predicted molar refractivity (Wildman–Crippen MR) is 94.6 cm³/mol. The highest BCUT2D eigenvalue weighted by molar-refractivity contribution is 7.99. The SMILES string of the molecule is C[C@H](c1ccccc1)n1c(SCC(=O)c2ccc(F)cc2)n[nH]c1=O. The molecule has 0 unspecified atom stereocenters. The number of carbonyl (C=O) groups is 1. The monoisotopic (exact) mass is 357 g/mol. The van der Waals surface area contributed by atoms with E-state index in [1.165, 1.54) is 40.6 Å². The van der Waals surface area contributed by atoms with Crippen LogP contribution in [-0.2, 0) is 0 Å². The maximum atomic E-state index is 12.9. The Morgan fingerprint density at radius 1 is 1.20 bits per heavy atom. The number of aromatic nitrogens is 3. The summed E-state index contributed by atoms with van der Waals surface area (Å²) in [6.07, 6.45) is 0. The Morgan fingerprint density at radius 2 is 1.88 bits per heavy atom. The fourth-order valence-corrected chi connectivity index (χ4v) is 3.38. The molecule has 0 bridgehead atoms. The minimum Gasteiger partial charge on any atom is -0.293 e. The molecule has 0 radical (unpaired) electrons. The van der Waals surface area contributed by atoms with Gasteiger partial charge in [-0.05, 0) is 36.8 Å². The fraction of sp³-hybridized carbons (Fsp3) is 0.167. The topological polar surface area (TPSA) is 67.8 Å². The number of halogens is 1. The fourth-order valence-electron chi connectivity index (χ4n) is 2.46. The maximum absolute atomic E-state index is 12.9. The van der Waals surface area contributed by atoms with Crippen LogP contribution in [0.15, 0.2) is 64.5 Å². The Balaban J connectivity index is 1.77. The van der Waals surface area contributed by atoms with Gasteiger partial charge < -0.3 is 0 Å². The molecule has 25 heavy (non-hydrogen) atoms. The Hall–Kier alpha value is -2.67. The molecule has 1 aromatic heterocycles. The number of hydrogen-bond acceptors (Lipinski definition) is 4. The summed E-state index contributed by atoms with van der Waals surface area (Å²) in [5.41, 5.74) is 1.07. The van der Waals surface area contributed by atoms with Gasteiger partial charge in [-0.3, -0.25) is 9.36 Å². The number of H-pyrrole nitrogens is 1. The van der Waals surface area contributed by atoms with Crippen molar-refractivity contribution >= 4 is 17.5 Å². The molecule has 0 fully saturated rings. The number of hydrogen-bond donors (Lipinski definition) is 1. The van der Waals surface area contributed by atoms with E-state index in [1.54, 1.807) is 0 Å². The van der Waals surface area contributed by atoms with E-state index in [2.05, 4.69) is 10.2 Å². The standard InChI is InChI=1S/C18H16FN3O2S/c1-12(13-5-3-2-4-6-13)22-17(24)20-21-18(22)25-11-16(23)14-7-9-15(19)10-8-14/h2-10,12H,11H2,1H3,(H,20,24)/t12-/m1/s1. The van der Waals surface area contributed by atoms with E-state index >= 15 is 0 Å². The quantitative estimate of drug-likeness (QED) is 0.543. The minimum absolute atomic E-state index is 0.109. The third-order valence-corrected chi connectivity index (χ3v) is 4.79. The molecule has 0 aliphatic heterocycles. The number of nitrogens with zero attached hydrogens (tertiary/aromatic N) is 2. The van der Waals surface area contributed by atoms with Crippen LogP contribution in [0.5, 0.6) is 0 Å². The zero-order valence-corrected chi connectivity index (χ0v) is 14.3. The van der Waals surface area contributed by atoms with Gasteiger partial charge in [0.2, 0.25) is 0 Å². The normalized spacial score (nSPS) is 12.1. The molecule has 3 aromatic rings. The number of carbonyl (C=O) groups excluding carboxylic acids is 1. The van der Waals surface area contributed by atoms with Crippen molar-refractivity contribution in [1.29, 1.82) is 0 Å². The molecule has 0 aliphatic rings. The summed E-state index contributed by atoms with van der Waals surface area (Å²) in [7, 11) is 0. The molecule has 0 amide bonds. The first kappa shape index (κ1) is 17.2. The van der Waals surface area contributed by atoms with Crippen molar-refractivity contribution in [1.82, 2.24) is 14.8 Å². The molecular weight excluding hydrogens is 341 g/mol. The third kappa shape index (κ3) is 3.88. The molecule has 128 valence electrons. The van der Waals surface area contributed by atoms with E-state index < -0.39 is 0 Å². The largest absolute Gasteiger partial charge is 0.344 e. The maximum Gasteiger partial charge on any atom is 0.344 e. The second-order valence-electron chi connectivity index (χ2n) is 5.49. The summed E-state index contributed by atoms with van der Waals surface area (Å²) < 4.78 is 14.5. The second kappa shape index (κ2) is 7.48. The Bertz CT molecular complexity index is 919. The lowest BCUT2D eigenvalue weighted by atomic mass is 10.1. The molecule has 1 atom stereocenters. The molecule has 2 aromatic carbocycles. The summed E-state index contributed by atoms with van der Waals surface area (Å²) in [5, 5.41) is 6.89. The van der Waals surface area contributed by atoms with Gasteiger partial charge in [0.25, 0.3) is 0 Å². The van der Waals surface area contributed by atoms with Gasteiger partial charge in [-0.1, -0.05) is 42.1 Å². The summed E-state index contributed by atoms with van der Waals surface area (Å²) in [5.74, 6) is -0.432. The number of nitrogens with one attached hydrogen (secondary N) is 1. The van der Waals surface area contributed by atoms with Crippen LogP contribution in [0.25, 0.3) is 0 Å². The minimum atomic E-state index is -0.387. The average Bonchev–Trinajstić information content (AvgIpc) is 3.01. The lowest BCUT2D eigenvalue weighted by Crippen LogP contribution is -2.22. The van der Waals surface area contributed by atoms with E-state index in [0.717, 1.165) is 5.56 Å². The molecule has 3 rings (SSSR count). The molecule has 0 saturated heterocycles. The highest BCUT2D eigenvalue weighted by Crippen LogP contribution is 2.23. The lowest BCUT2D eigenvalue weighted by molar-refractivity contribution is 0.102. The van der Waals surface area contributed by atoms with Crippen LogP contribution in [-0.4, -0.2) is 26.3 Å². The highest BCUT2D eigenvalue weighted by atomic mass is 32.2. The zero-order valence-electron chi connectivity index (χ0n) is 13.5. The molecule has 7 heteroatoms. The van der Waals surface area contributed by atoms with Crippen molar-refractivity contribution in [3.8, 4) is 0 Å². The van der Waals surface area contributed by atoms with Crippen LogP contribution in [0.3, 0.4) is 0 Å². The number of thioether (sulfide) groups is 1. The Kier molecular flexibility index (Phi) is 5.14. The second-order valence-corrected chi connectivity index (χ2v) is 6.43. The Morgan fingerprint density at radius 3 is 2.56 bits per heavy atom. The van der Waals surface area contributed by atoms with Crippen molar-refractivity contribution in [2.45, 2.75) is 18.1 Å². The lowest BCUT2D eigenvalue weighted by Gasteiger charge is -2.14. The van der Waals surface area contributed by atoms with Crippen molar-refractivity contribution in [3.63, 3.8) is 0 Å². The van der Waals surface area contributed by atoms with E-state index in [-0.39, 0.29) is 29.1 Å². The zero-order chi connectivity index (χ0) is 17.8.